The number of pyridine rings is 1. The second kappa shape index (κ2) is 6.36. The predicted molar refractivity (Wildman–Crippen MR) is 95.9 cm³/mol. The normalized spacial score (nSPS) is 16.8. The Balaban J connectivity index is 1.70. The molecule has 0 saturated heterocycles. The first-order chi connectivity index (χ1) is 11.7. The molecule has 4 rings (SSSR count). The molecule has 0 atom stereocenters. The number of aromatic nitrogens is 3. The van der Waals surface area contributed by atoms with E-state index in [-0.39, 0.29) is 5.75 Å². The maximum absolute atomic E-state index is 9.56. The highest BCUT2D eigenvalue weighted by molar-refractivity contribution is 7.12. The van der Waals surface area contributed by atoms with Crippen LogP contribution in [-0.2, 0) is 7.05 Å². The smallest absolute Gasteiger partial charge is 0.203 e. The van der Waals surface area contributed by atoms with Crippen molar-refractivity contribution in [2.75, 3.05) is 0 Å². The summed E-state index contributed by atoms with van der Waals surface area (Å²) < 4.78 is 1.86. The number of hydrogen-bond acceptors (Lipinski definition) is 5. The summed E-state index contributed by atoms with van der Waals surface area (Å²) in [6.45, 7) is 0. The van der Waals surface area contributed by atoms with Gasteiger partial charge in [-0.05, 0) is 37.1 Å². The zero-order valence-corrected chi connectivity index (χ0v) is 14.5. The van der Waals surface area contributed by atoms with Crippen molar-refractivity contribution >= 4 is 22.2 Å². The van der Waals surface area contributed by atoms with Crippen molar-refractivity contribution in [1.29, 1.82) is 0 Å². The van der Waals surface area contributed by atoms with E-state index in [1.54, 1.807) is 23.5 Å². The zero-order valence-electron chi connectivity index (χ0n) is 13.6. The number of fused-ring (bicyclic) bond motifs is 1. The minimum Gasteiger partial charge on any atom is -0.508 e. The van der Waals surface area contributed by atoms with Crippen LogP contribution in [0, 0.1) is 0 Å². The maximum Gasteiger partial charge on any atom is 0.203 e. The fourth-order valence-corrected chi connectivity index (χ4v) is 4.09. The topological polar surface area (TPSA) is 63.3 Å². The molecule has 0 bridgehead atoms. The number of hydrogen-bond donors (Lipinski definition) is 1. The Bertz CT molecular complexity index is 938. The summed E-state index contributed by atoms with van der Waals surface area (Å²) in [6.07, 6.45) is 6.27. The third-order valence-electron chi connectivity index (χ3n) is 4.47. The van der Waals surface area contributed by atoms with Crippen LogP contribution in [-0.4, -0.2) is 25.9 Å². The quantitative estimate of drug-likeness (QED) is 0.775. The zero-order chi connectivity index (χ0) is 16.5. The first-order valence-corrected chi connectivity index (χ1v) is 9.19. The second-order valence-electron chi connectivity index (χ2n) is 6.31. The number of aromatic hydroxyl groups is 1. The molecule has 1 fully saturated rings. The standard InChI is InChI=1S/C18H20N4OS/c1-22-18(19-13-5-3-2-4-6-13)24-17(21-22)16-9-7-12-11-14(23)8-10-15(12)20-16/h7-11,13,23H,2-6H2,1H3. The fourth-order valence-electron chi connectivity index (χ4n) is 3.16. The molecule has 1 aromatic carbocycles. The van der Waals surface area contributed by atoms with E-state index in [1.165, 1.54) is 32.1 Å². The number of benzene rings is 1. The lowest BCUT2D eigenvalue weighted by Gasteiger charge is -2.16. The van der Waals surface area contributed by atoms with E-state index >= 15 is 0 Å². The molecule has 1 aliphatic rings. The highest BCUT2D eigenvalue weighted by Crippen LogP contribution is 2.24. The van der Waals surface area contributed by atoms with E-state index in [2.05, 4.69) is 10.1 Å². The first kappa shape index (κ1) is 15.3. The van der Waals surface area contributed by atoms with Gasteiger partial charge in [0.05, 0.1) is 11.6 Å². The molecule has 24 heavy (non-hydrogen) atoms. The molecule has 1 N–H and O–H groups in total. The van der Waals surface area contributed by atoms with Crippen LogP contribution in [0.4, 0.5) is 0 Å². The Morgan fingerprint density at radius 3 is 2.83 bits per heavy atom. The van der Waals surface area contributed by atoms with Gasteiger partial charge in [-0.25, -0.2) is 9.67 Å². The Kier molecular flexibility index (Phi) is 4.06. The average Bonchev–Trinajstić information content (AvgIpc) is 2.96. The van der Waals surface area contributed by atoms with Gasteiger partial charge in [0, 0.05) is 12.4 Å². The van der Waals surface area contributed by atoms with Gasteiger partial charge in [0.15, 0.2) is 5.01 Å². The van der Waals surface area contributed by atoms with Crippen molar-refractivity contribution in [1.82, 2.24) is 14.8 Å². The number of rotatable bonds is 2. The Morgan fingerprint density at radius 2 is 2.00 bits per heavy atom. The van der Waals surface area contributed by atoms with Gasteiger partial charge in [0.1, 0.15) is 11.4 Å². The molecule has 0 unspecified atom stereocenters. The third kappa shape index (κ3) is 3.06. The van der Waals surface area contributed by atoms with Crippen LogP contribution >= 0.6 is 11.3 Å². The van der Waals surface area contributed by atoms with Crippen LogP contribution in [0.2, 0.25) is 0 Å². The van der Waals surface area contributed by atoms with Gasteiger partial charge in [-0.1, -0.05) is 36.7 Å². The van der Waals surface area contributed by atoms with Gasteiger partial charge in [-0.3, -0.25) is 4.99 Å². The summed E-state index contributed by atoms with van der Waals surface area (Å²) >= 11 is 1.59. The molecule has 2 aromatic heterocycles. The van der Waals surface area contributed by atoms with E-state index < -0.39 is 0 Å². The minimum atomic E-state index is 0.256. The van der Waals surface area contributed by atoms with Crippen molar-refractivity contribution < 1.29 is 5.11 Å². The molecule has 6 heteroatoms. The summed E-state index contributed by atoms with van der Waals surface area (Å²) in [5.41, 5.74) is 1.70. The Labute approximate surface area is 144 Å². The molecule has 0 aliphatic heterocycles. The van der Waals surface area contributed by atoms with E-state index in [1.807, 2.05) is 29.9 Å². The van der Waals surface area contributed by atoms with E-state index in [0.717, 1.165) is 26.4 Å². The van der Waals surface area contributed by atoms with Crippen LogP contribution in [0.3, 0.4) is 0 Å². The maximum atomic E-state index is 9.56. The molecular weight excluding hydrogens is 320 g/mol. The number of nitrogens with zero attached hydrogens (tertiary/aromatic N) is 4. The number of phenols is 1. The molecule has 1 saturated carbocycles. The predicted octanol–water partition coefficient (Wildman–Crippen LogP) is 3.64. The molecule has 124 valence electrons. The highest BCUT2D eigenvalue weighted by Gasteiger charge is 2.13. The van der Waals surface area contributed by atoms with Gasteiger partial charge in [0.25, 0.3) is 0 Å². The fraction of sp³-hybridized carbons (Fsp3) is 0.389. The average molecular weight is 340 g/mol. The van der Waals surface area contributed by atoms with Crippen LogP contribution < -0.4 is 4.80 Å². The lowest BCUT2D eigenvalue weighted by Crippen LogP contribution is -2.18. The summed E-state index contributed by atoms with van der Waals surface area (Å²) in [7, 11) is 1.95. The molecular formula is C18H20N4OS. The van der Waals surface area contributed by atoms with E-state index in [0.29, 0.717) is 6.04 Å². The molecule has 0 spiro atoms. The lowest BCUT2D eigenvalue weighted by molar-refractivity contribution is 0.434. The molecule has 1 aliphatic carbocycles. The molecule has 5 nitrogen and oxygen atoms in total. The van der Waals surface area contributed by atoms with Crippen molar-refractivity contribution in [2.24, 2.45) is 12.0 Å². The molecule has 0 amide bonds. The van der Waals surface area contributed by atoms with Crippen LogP contribution in [0.5, 0.6) is 5.75 Å². The number of aryl methyl sites for hydroxylation is 1. The van der Waals surface area contributed by atoms with Gasteiger partial charge in [0.2, 0.25) is 4.80 Å². The van der Waals surface area contributed by atoms with Crippen LogP contribution in [0.25, 0.3) is 21.6 Å². The molecule has 3 aromatic rings. The first-order valence-electron chi connectivity index (χ1n) is 8.37. The van der Waals surface area contributed by atoms with E-state index in [9.17, 15) is 5.11 Å². The number of phenolic OH excluding ortho intramolecular Hbond substituents is 1. The summed E-state index contributed by atoms with van der Waals surface area (Å²) in [4.78, 5) is 10.5. The summed E-state index contributed by atoms with van der Waals surface area (Å²) in [5.74, 6) is 0.256. The summed E-state index contributed by atoms with van der Waals surface area (Å²) in [5, 5.41) is 16.0. The van der Waals surface area contributed by atoms with Crippen LogP contribution in [0.1, 0.15) is 32.1 Å². The summed E-state index contributed by atoms with van der Waals surface area (Å²) in [6, 6.07) is 9.56. The SMILES string of the molecule is Cn1nc(-c2ccc3cc(O)ccc3n2)sc1=NC1CCCCC1. The Hall–Kier alpha value is -2.21. The second-order valence-corrected chi connectivity index (χ2v) is 7.26. The van der Waals surface area contributed by atoms with Crippen molar-refractivity contribution in [3.05, 3.63) is 35.1 Å². The van der Waals surface area contributed by atoms with Gasteiger partial charge < -0.3 is 5.11 Å². The third-order valence-corrected chi connectivity index (χ3v) is 5.50. The molecule has 2 heterocycles. The van der Waals surface area contributed by atoms with Crippen molar-refractivity contribution in [3.8, 4) is 16.5 Å². The van der Waals surface area contributed by atoms with Gasteiger partial charge in [-0.15, -0.1) is 0 Å². The van der Waals surface area contributed by atoms with Gasteiger partial charge >= 0.3 is 0 Å². The monoisotopic (exact) mass is 340 g/mol. The largest absolute Gasteiger partial charge is 0.508 e. The van der Waals surface area contributed by atoms with Gasteiger partial charge in [-0.2, -0.15) is 5.10 Å². The highest BCUT2D eigenvalue weighted by atomic mass is 32.1. The minimum absolute atomic E-state index is 0.256. The Morgan fingerprint density at radius 1 is 1.17 bits per heavy atom. The van der Waals surface area contributed by atoms with Crippen LogP contribution in [0.15, 0.2) is 35.3 Å². The lowest BCUT2D eigenvalue weighted by atomic mass is 9.96. The van der Waals surface area contributed by atoms with E-state index in [4.69, 9.17) is 4.99 Å². The van der Waals surface area contributed by atoms with Crippen molar-refractivity contribution in [2.45, 2.75) is 38.1 Å². The molecule has 0 radical (unpaired) electrons. The van der Waals surface area contributed by atoms with Crippen molar-refractivity contribution in [3.63, 3.8) is 0 Å².